The molecule has 1 N–H and O–H groups in total. The highest BCUT2D eigenvalue weighted by atomic mass is 19.1. The van der Waals surface area contributed by atoms with Gasteiger partial charge in [-0.1, -0.05) is 30.3 Å². The molecule has 1 atom stereocenters. The second-order valence-corrected chi connectivity index (χ2v) is 6.33. The van der Waals surface area contributed by atoms with Gasteiger partial charge in [-0.05, 0) is 66.9 Å². The number of carboxylic acid groups (broad SMARTS) is 1. The molecule has 142 valence electrons. The van der Waals surface area contributed by atoms with Gasteiger partial charge in [-0.2, -0.15) is 0 Å². The number of carbonyl (C=O) groups is 2. The Kier molecular flexibility index (Phi) is 6.17. The van der Waals surface area contributed by atoms with Gasteiger partial charge in [-0.25, -0.2) is 9.18 Å². The Morgan fingerprint density at radius 1 is 0.857 bits per heavy atom. The molecule has 3 rings (SSSR count). The predicted molar refractivity (Wildman–Crippen MR) is 103 cm³/mol. The zero-order valence-electron chi connectivity index (χ0n) is 15.0. The van der Waals surface area contributed by atoms with E-state index in [1.54, 1.807) is 24.3 Å². The van der Waals surface area contributed by atoms with E-state index in [2.05, 4.69) is 0 Å². The molecular formula is C23H19FO4. The molecular weight excluding hydrogens is 359 g/mol. The molecule has 0 saturated heterocycles. The van der Waals surface area contributed by atoms with Crippen molar-refractivity contribution >= 4 is 11.8 Å². The summed E-state index contributed by atoms with van der Waals surface area (Å²) in [6.45, 7) is 0. The summed E-state index contributed by atoms with van der Waals surface area (Å²) in [6, 6.07) is 21.2. The van der Waals surface area contributed by atoms with E-state index in [1.807, 2.05) is 30.3 Å². The predicted octanol–water partition coefficient (Wildman–Crippen LogP) is 4.52. The van der Waals surface area contributed by atoms with Crippen LogP contribution in [0.4, 0.5) is 4.39 Å². The van der Waals surface area contributed by atoms with Gasteiger partial charge in [-0.3, -0.25) is 4.79 Å². The molecule has 0 radical (unpaired) electrons. The Balaban J connectivity index is 1.65. The van der Waals surface area contributed by atoms with Crippen LogP contribution in [-0.2, 0) is 11.2 Å². The van der Waals surface area contributed by atoms with Gasteiger partial charge in [0.05, 0.1) is 0 Å². The maximum absolute atomic E-state index is 13.0. The number of halogens is 1. The lowest BCUT2D eigenvalue weighted by atomic mass is 10.0. The van der Waals surface area contributed by atoms with Crippen molar-refractivity contribution < 1.29 is 23.8 Å². The zero-order chi connectivity index (χ0) is 19.9. The van der Waals surface area contributed by atoms with Gasteiger partial charge in [0.25, 0.3) is 0 Å². The highest BCUT2D eigenvalue weighted by Gasteiger charge is 2.19. The molecule has 0 aromatic heterocycles. The number of hydrogen-bond donors (Lipinski definition) is 1. The standard InChI is InChI=1S/C23H19FO4/c24-19-11-7-17(8-12-19)22(25)18-9-13-20(14-10-18)28-21(23(26)27)15-6-16-4-2-1-3-5-16/h1-5,7-14,21H,6,15H2,(H,26,27). The Bertz CT molecular complexity index is 935. The highest BCUT2D eigenvalue weighted by molar-refractivity contribution is 6.09. The van der Waals surface area contributed by atoms with Crippen LogP contribution in [0.3, 0.4) is 0 Å². The van der Waals surface area contributed by atoms with Crippen LogP contribution in [0.15, 0.2) is 78.9 Å². The molecule has 0 aliphatic heterocycles. The zero-order valence-corrected chi connectivity index (χ0v) is 15.0. The van der Waals surface area contributed by atoms with Crippen LogP contribution in [0, 0.1) is 5.82 Å². The van der Waals surface area contributed by atoms with Gasteiger partial charge in [0.1, 0.15) is 11.6 Å². The molecule has 1 unspecified atom stereocenters. The average molecular weight is 378 g/mol. The maximum Gasteiger partial charge on any atom is 0.344 e. The van der Waals surface area contributed by atoms with Crippen molar-refractivity contribution in [3.05, 3.63) is 101 Å². The minimum Gasteiger partial charge on any atom is -0.479 e. The SMILES string of the molecule is O=C(c1ccc(F)cc1)c1ccc(OC(CCc2ccccc2)C(=O)O)cc1. The molecule has 0 fully saturated rings. The molecule has 4 nitrogen and oxygen atoms in total. The first-order valence-corrected chi connectivity index (χ1v) is 8.86. The number of aliphatic carboxylic acids is 1. The van der Waals surface area contributed by atoms with Crippen LogP contribution < -0.4 is 4.74 Å². The Morgan fingerprint density at radius 2 is 1.43 bits per heavy atom. The molecule has 0 heterocycles. The van der Waals surface area contributed by atoms with E-state index in [-0.39, 0.29) is 5.78 Å². The number of benzene rings is 3. The highest BCUT2D eigenvalue weighted by Crippen LogP contribution is 2.19. The second kappa shape index (κ2) is 8.95. The van der Waals surface area contributed by atoms with Crippen LogP contribution in [0.5, 0.6) is 5.75 Å². The van der Waals surface area contributed by atoms with Crippen molar-refractivity contribution in [2.45, 2.75) is 18.9 Å². The molecule has 28 heavy (non-hydrogen) atoms. The fourth-order valence-corrected chi connectivity index (χ4v) is 2.79. The fourth-order valence-electron chi connectivity index (χ4n) is 2.79. The molecule has 0 spiro atoms. The number of aryl methyl sites for hydroxylation is 1. The summed E-state index contributed by atoms with van der Waals surface area (Å²) in [5.74, 6) is -1.32. The molecule has 5 heteroatoms. The van der Waals surface area contributed by atoms with Crippen molar-refractivity contribution in [1.82, 2.24) is 0 Å². The first-order valence-electron chi connectivity index (χ1n) is 8.86. The van der Waals surface area contributed by atoms with Crippen LogP contribution in [0.2, 0.25) is 0 Å². The van der Waals surface area contributed by atoms with Gasteiger partial charge in [0.2, 0.25) is 0 Å². The van der Waals surface area contributed by atoms with Crippen molar-refractivity contribution in [1.29, 1.82) is 0 Å². The average Bonchev–Trinajstić information content (AvgIpc) is 2.72. The van der Waals surface area contributed by atoms with Crippen molar-refractivity contribution in [2.75, 3.05) is 0 Å². The molecule has 0 aliphatic carbocycles. The van der Waals surface area contributed by atoms with Crippen molar-refractivity contribution in [3.63, 3.8) is 0 Å². The molecule has 3 aromatic rings. The number of carboxylic acids is 1. The molecule has 0 aliphatic rings. The number of carbonyl (C=O) groups excluding carboxylic acids is 1. The van der Waals surface area contributed by atoms with Gasteiger partial charge in [-0.15, -0.1) is 0 Å². The summed E-state index contributed by atoms with van der Waals surface area (Å²) in [5.41, 5.74) is 1.83. The maximum atomic E-state index is 13.0. The summed E-state index contributed by atoms with van der Waals surface area (Å²) in [5, 5.41) is 9.42. The van der Waals surface area contributed by atoms with Gasteiger partial charge < -0.3 is 9.84 Å². The summed E-state index contributed by atoms with van der Waals surface area (Å²) >= 11 is 0. The van der Waals surface area contributed by atoms with Crippen molar-refractivity contribution in [3.8, 4) is 5.75 Å². The van der Waals surface area contributed by atoms with E-state index < -0.39 is 17.9 Å². The normalized spacial score (nSPS) is 11.6. The lowest BCUT2D eigenvalue weighted by Crippen LogP contribution is -2.27. The Hall–Kier alpha value is -3.47. The smallest absolute Gasteiger partial charge is 0.344 e. The minimum absolute atomic E-state index is 0.245. The van der Waals surface area contributed by atoms with Crippen LogP contribution in [0.1, 0.15) is 27.9 Å². The van der Waals surface area contributed by atoms with E-state index in [0.29, 0.717) is 29.7 Å². The minimum atomic E-state index is -1.04. The summed E-state index contributed by atoms with van der Waals surface area (Å²) < 4.78 is 18.6. The van der Waals surface area contributed by atoms with E-state index >= 15 is 0 Å². The lowest BCUT2D eigenvalue weighted by Gasteiger charge is -2.15. The van der Waals surface area contributed by atoms with E-state index in [1.165, 1.54) is 24.3 Å². The molecule has 0 bridgehead atoms. The van der Waals surface area contributed by atoms with Crippen LogP contribution in [-0.4, -0.2) is 23.0 Å². The fraction of sp³-hybridized carbons (Fsp3) is 0.130. The molecule has 0 amide bonds. The third-order valence-corrected chi connectivity index (χ3v) is 4.31. The number of ketones is 1. The number of ether oxygens (including phenoxy) is 1. The van der Waals surface area contributed by atoms with E-state index in [4.69, 9.17) is 4.74 Å². The Labute approximate surface area is 162 Å². The lowest BCUT2D eigenvalue weighted by molar-refractivity contribution is -0.145. The van der Waals surface area contributed by atoms with Crippen molar-refractivity contribution in [2.24, 2.45) is 0 Å². The van der Waals surface area contributed by atoms with Crippen LogP contribution >= 0.6 is 0 Å². The largest absolute Gasteiger partial charge is 0.479 e. The third kappa shape index (κ3) is 5.04. The molecule has 0 saturated carbocycles. The number of rotatable bonds is 8. The van der Waals surface area contributed by atoms with Crippen LogP contribution in [0.25, 0.3) is 0 Å². The van der Waals surface area contributed by atoms with Gasteiger partial charge >= 0.3 is 5.97 Å². The van der Waals surface area contributed by atoms with E-state index in [0.717, 1.165) is 5.56 Å². The van der Waals surface area contributed by atoms with E-state index in [9.17, 15) is 19.1 Å². The Morgan fingerprint density at radius 3 is 2.00 bits per heavy atom. The van der Waals surface area contributed by atoms with Gasteiger partial charge in [0, 0.05) is 11.1 Å². The number of hydrogen-bond acceptors (Lipinski definition) is 3. The third-order valence-electron chi connectivity index (χ3n) is 4.31. The first-order chi connectivity index (χ1) is 13.5. The molecule has 3 aromatic carbocycles. The monoisotopic (exact) mass is 378 g/mol. The first kappa shape index (κ1) is 19.3. The summed E-state index contributed by atoms with van der Waals surface area (Å²) in [7, 11) is 0. The quantitative estimate of drug-likeness (QED) is 0.585. The summed E-state index contributed by atoms with van der Waals surface area (Å²) in [6.07, 6.45) is -0.0759. The second-order valence-electron chi connectivity index (χ2n) is 6.33. The topological polar surface area (TPSA) is 63.6 Å². The van der Waals surface area contributed by atoms with Gasteiger partial charge in [0.15, 0.2) is 11.9 Å². The summed E-state index contributed by atoms with van der Waals surface area (Å²) in [4.78, 5) is 23.9.